The number of benzene rings is 2. The Kier molecular flexibility index (Phi) is 7.02. The largest absolute Gasteiger partial charge is 0.491 e. The monoisotopic (exact) mass is 361 g/mol. The maximum Gasteiger partial charge on any atom is 0.215 e. The topological polar surface area (TPSA) is 55.4 Å². The van der Waals surface area contributed by atoms with Crippen molar-refractivity contribution >= 4 is 10.0 Å². The Bertz CT molecular complexity index is 751. The maximum absolute atomic E-state index is 12.1. The number of aryl methyl sites for hydroxylation is 2. The third-order valence-electron chi connectivity index (χ3n) is 3.74. The normalized spacial score (nSPS) is 11.7. The van der Waals surface area contributed by atoms with E-state index in [9.17, 15) is 8.42 Å². The molecule has 4 nitrogen and oxygen atoms in total. The lowest BCUT2D eigenvalue weighted by atomic mass is 10.1. The minimum Gasteiger partial charge on any atom is -0.491 e. The molecule has 0 saturated heterocycles. The van der Waals surface area contributed by atoms with Crippen molar-refractivity contribution in [3.63, 3.8) is 0 Å². The third kappa shape index (κ3) is 7.28. The Balaban J connectivity index is 1.75. The fourth-order valence-electron chi connectivity index (χ4n) is 2.48. The third-order valence-corrected chi connectivity index (χ3v) is 5.09. The van der Waals surface area contributed by atoms with Crippen LogP contribution in [0.3, 0.4) is 0 Å². The minimum absolute atomic E-state index is 0.0223. The molecule has 0 radical (unpaired) electrons. The van der Waals surface area contributed by atoms with Gasteiger partial charge in [-0.3, -0.25) is 0 Å². The molecule has 136 valence electrons. The second kappa shape index (κ2) is 9.02. The highest BCUT2D eigenvalue weighted by molar-refractivity contribution is 7.88. The highest BCUT2D eigenvalue weighted by Gasteiger charge is 2.10. The molecule has 0 aliphatic heterocycles. The van der Waals surface area contributed by atoms with Crippen molar-refractivity contribution in [1.29, 1.82) is 0 Å². The van der Waals surface area contributed by atoms with E-state index in [0.29, 0.717) is 6.54 Å². The summed E-state index contributed by atoms with van der Waals surface area (Å²) in [6.45, 7) is 6.42. The van der Waals surface area contributed by atoms with Crippen LogP contribution in [0.4, 0.5) is 0 Å². The Labute approximate surface area is 151 Å². The van der Waals surface area contributed by atoms with Gasteiger partial charge in [0.1, 0.15) is 5.75 Å². The van der Waals surface area contributed by atoms with Crippen molar-refractivity contribution in [2.24, 2.45) is 0 Å². The molecule has 0 saturated carbocycles. The molecule has 0 amide bonds. The molecule has 0 unspecified atom stereocenters. The molecule has 0 spiro atoms. The second-order valence-corrected chi connectivity index (χ2v) is 8.36. The average Bonchev–Trinajstić information content (AvgIpc) is 2.55. The highest BCUT2D eigenvalue weighted by Crippen LogP contribution is 2.15. The standard InChI is InChI=1S/C20H27NO3S/c1-16(2)24-20-12-10-18(11-13-20)5-4-14-21-25(22,23)15-19-8-6-17(3)7-9-19/h6-13,16,21H,4-5,14-15H2,1-3H3. The van der Waals surface area contributed by atoms with Gasteiger partial charge < -0.3 is 4.74 Å². The van der Waals surface area contributed by atoms with Crippen molar-refractivity contribution < 1.29 is 13.2 Å². The van der Waals surface area contributed by atoms with E-state index in [4.69, 9.17) is 4.74 Å². The Morgan fingerprint density at radius 3 is 2.16 bits per heavy atom. The summed E-state index contributed by atoms with van der Waals surface area (Å²) in [6.07, 6.45) is 1.75. The predicted molar refractivity (Wildman–Crippen MR) is 102 cm³/mol. The quantitative estimate of drug-likeness (QED) is 0.691. The van der Waals surface area contributed by atoms with Gasteiger partial charge in [-0.1, -0.05) is 42.0 Å². The lowest BCUT2D eigenvalue weighted by Gasteiger charge is -2.10. The summed E-state index contributed by atoms with van der Waals surface area (Å²) in [7, 11) is -3.29. The fourth-order valence-corrected chi connectivity index (χ4v) is 3.67. The Morgan fingerprint density at radius 2 is 1.56 bits per heavy atom. The van der Waals surface area contributed by atoms with E-state index >= 15 is 0 Å². The zero-order valence-electron chi connectivity index (χ0n) is 15.2. The fraction of sp³-hybridized carbons (Fsp3) is 0.400. The number of hydrogen-bond acceptors (Lipinski definition) is 3. The first-order valence-corrected chi connectivity index (χ1v) is 10.3. The van der Waals surface area contributed by atoms with Crippen LogP contribution < -0.4 is 9.46 Å². The summed E-state index contributed by atoms with van der Waals surface area (Å²) in [5.41, 5.74) is 3.10. The number of nitrogens with one attached hydrogen (secondary N) is 1. The molecule has 2 aromatic rings. The minimum atomic E-state index is -3.29. The van der Waals surface area contributed by atoms with Crippen LogP contribution in [0, 0.1) is 6.92 Å². The molecular formula is C20H27NO3S. The zero-order chi connectivity index (χ0) is 18.3. The van der Waals surface area contributed by atoms with Gasteiger partial charge in [0.25, 0.3) is 0 Å². The molecule has 5 heteroatoms. The van der Waals surface area contributed by atoms with Gasteiger partial charge in [0.2, 0.25) is 10.0 Å². The lowest BCUT2D eigenvalue weighted by molar-refractivity contribution is 0.242. The molecule has 0 aliphatic rings. The molecule has 0 bridgehead atoms. The predicted octanol–water partition coefficient (Wildman–Crippen LogP) is 3.83. The molecular weight excluding hydrogens is 334 g/mol. The smallest absolute Gasteiger partial charge is 0.215 e. The van der Waals surface area contributed by atoms with Crippen molar-refractivity contribution in [2.75, 3.05) is 6.54 Å². The van der Waals surface area contributed by atoms with Crippen LogP contribution in [0.5, 0.6) is 5.75 Å². The van der Waals surface area contributed by atoms with E-state index < -0.39 is 10.0 Å². The summed E-state index contributed by atoms with van der Waals surface area (Å²) in [5.74, 6) is 0.881. The molecule has 0 aliphatic carbocycles. The second-order valence-electron chi connectivity index (χ2n) is 6.55. The summed E-state index contributed by atoms with van der Waals surface area (Å²) in [4.78, 5) is 0. The van der Waals surface area contributed by atoms with Gasteiger partial charge in [-0.05, 0) is 56.9 Å². The molecule has 0 aromatic heterocycles. The number of ether oxygens (including phenoxy) is 1. The van der Waals surface area contributed by atoms with Crippen molar-refractivity contribution in [3.05, 3.63) is 65.2 Å². The highest BCUT2D eigenvalue weighted by atomic mass is 32.2. The maximum atomic E-state index is 12.1. The van der Waals surface area contributed by atoms with Crippen LogP contribution in [-0.2, 0) is 22.2 Å². The van der Waals surface area contributed by atoms with Crippen LogP contribution in [0.15, 0.2) is 48.5 Å². The summed E-state index contributed by atoms with van der Waals surface area (Å²) in [6, 6.07) is 15.5. The Hall–Kier alpha value is -1.85. The molecule has 0 atom stereocenters. The molecule has 0 heterocycles. The van der Waals surface area contributed by atoms with E-state index in [1.54, 1.807) is 0 Å². The zero-order valence-corrected chi connectivity index (χ0v) is 16.0. The van der Waals surface area contributed by atoms with Gasteiger partial charge >= 0.3 is 0 Å². The molecule has 2 rings (SSSR count). The van der Waals surface area contributed by atoms with Crippen molar-refractivity contribution in [2.45, 2.75) is 45.5 Å². The number of hydrogen-bond donors (Lipinski definition) is 1. The molecule has 1 N–H and O–H groups in total. The number of sulfonamides is 1. The number of rotatable bonds is 9. The van der Waals surface area contributed by atoms with Gasteiger partial charge in [0.15, 0.2) is 0 Å². The van der Waals surface area contributed by atoms with E-state index in [1.165, 1.54) is 5.56 Å². The molecule has 2 aromatic carbocycles. The summed E-state index contributed by atoms with van der Waals surface area (Å²) >= 11 is 0. The van der Waals surface area contributed by atoms with E-state index in [2.05, 4.69) is 4.72 Å². The van der Waals surface area contributed by atoms with Crippen LogP contribution in [0.25, 0.3) is 0 Å². The molecule has 25 heavy (non-hydrogen) atoms. The van der Waals surface area contributed by atoms with Crippen LogP contribution in [-0.4, -0.2) is 21.1 Å². The van der Waals surface area contributed by atoms with Crippen molar-refractivity contribution in [1.82, 2.24) is 4.72 Å². The summed E-state index contributed by atoms with van der Waals surface area (Å²) in [5, 5.41) is 0. The van der Waals surface area contributed by atoms with Crippen LogP contribution >= 0.6 is 0 Å². The van der Waals surface area contributed by atoms with Crippen LogP contribution in [0.1, 0.15) is 37.0 Å². The van der Waals surface area contributed by atoms with Crippen LogP contribution in [0.2, 0.25) is 0 Å². The van der Waals surface area contributed by atoms with E-state index in [0.717, 1.165) is 29.7 Å². The van der Waals surface area contributed by atoms with E-state index in [-0.39, 0.29) is 11.9 Å². The van der Waals surface area contributed by atoms with Gasteiger partial charge in [-0.15, -0.1) is 0 Å². The first-order valence-electron chi connectivity index (χ1n) is 8.62. The van der Waals surface area contributed by atoms with Gasteiger partial charge in [-0.2, -0.15) is 0 Å². The lowest BCUT2D eigenvalue weighted by Crippen LogP contribution is -2.26. The van der Waals surface area contributed by atoms with Gasteiger partial charge in [0.05, 0.1) is 11.9 Å². The Morgan fingerprint density at radius 1 is 0.960 bits per heavy atom. The van der Waals surface area contributed by atoms with Gasteiger partial charge in [0, 0.05) is 6.54 Å². The average molecular weight is 362 g/mol. The van der Waals surface area contributed by atoms with Crippen molar-refractivity contribution in [3.8, 4) is 5.75 Å². The first kappa shape index (κ1) is 19.5. The first-order chi connectivity index (χ1) is 11.8. The SMILES string of the molecule is Cc1ccc(CS(=O)(=O)NCCCc2ccc(OC(C)C)cc2)cc1. The summed E-state index contributed by atoms with van der Waals surface area (Å²) < 4.78 is 32.5. The molecule has 0 fully saturated rings. The van der Waals surface area contributed by atoms with Gasteiger partial charge in [-0.25, -0.2) is 13.1 Å². The van der Waals surface area contributed by atoms with E-state index in [1.807, 2.05) is 69.3 Å².